The number of hydrogen-bond donors (Lipinski definition) is 0. The van der Waals surface area contributed by atoms with Crippen LogP contribution in [-0.2, 0) is 9.47 Å². The van der Waals surface area contributed by atoms with Crippen LogP contribution in [-0.4, -0.2) is 47.0 Å². The number of hydrogen-bond acceptors (Lipinski definition) is 7. The standard InChI is InChI=1S/C13H18N4O4/c1-16(12-14-8-11(9-15-12)17(18)19)10-2-4-13(5-3-10)20-6-7-21-13/h8-10H,2-7H2,1H3. The summed E-state index contributed by atoms with van der Waals surface area (Å²) in [5, 5.41) is 10.6. The Morgan fingerprint density at radius 2 is 1.86 bits per heavy atom. The minimum absolute atomic E-state index is 0.0949. The van der Waals surface area contributed by atoms with Gasteiger partial charge in [0.25, 0.3) is 0 Å². The van der Waals surface area contributed by atoms with Crippen LogP contribution in [0.1, 0.15) is 25.7 Å². The summed E-state index contributed by atoms with van der Waals surface area (Å²) in [5.41, 5.74) is -0.0949. The van der Waals surface area contributed by atoms with E-state index < -0.39 is 4.92 Å². The highest BCUT2D eigenvalue weighted by molar-refractivity contribution is 5.34. The summed E-state index contributed by atoms with van der Waals surface area (Å²) in [4.78, 5) is 20.2. The zero-order valence-electron chi connectivity index (χ0n) is 11.9. The molecule has 21 heavy (non-hydrogen) atoms. The monoisotopic (exact) mass is 294 g/mol. The number of ether oxygens (including phenoxy) is 2. The van der Waals surface area contributed by atoms with Crippen molar-refractivity contribution in [1.82, 2.24) is 9.97 Å². The molecular formula is C13H18N4O4. The lowest BCUT2D eigenvalue weighted by molar-refractivity contribution is -0.385. The molecule has 0 amide bonds. The molecule has 0 atom stereocenters. The molecule has 2 heterocycles. The summed E-state index contributed by atoms with van der Waals surface area (Å²) in [6.45, 7) is 1.35. The van der Waals surface area contributed by atoms with Crippen LogP contribution in [0, 0.1) is 10.1 Å². The number of rotatable bonds is 3. The highest BCUT2D eigenvalue weighted by Gasteiger charge is 2.41. The molecule has 114 valence electrons. The van der Waals surface area contributed by atoms with E-state index in [0.29, 0.717) is 25.2 Å². The molecular weight excluding hydrogens is 276 g/mol. The van der Waals surface area contributed by atoms with Crippen LogP contribution in [0.15, 0.2) is 12.4 Å². The smallest absolute Gasteiger partial charge is 0.305 e. The maximum Gasteiger partial charge on any atom is 0.305 e. The Balaban J connectivity index is 1.63. The maximum atomic E-state index is 10.6. The largest absolute Gasteiger partial charge is 0.348 e. The van der Waals surface area contributed by atoms with Gasteiger partial charge in [-0.1, -0.05) is 0 Å². The lowest BCUT2D eigenvalue weighted by Gasteiger charge is -2.38. The fourth-order valence-electron chi connectivity index (χ4n) is 2.97. The summed E-state index contributed by atoms with van der Waals surface area (Å²) in [5.74, 6) is 0.128. The topological polar surface area (TPSA) is 90.6 Å². The van der Waals surface area contributed by atoms with Gasteiger partial charge in [0.15, 0.2) is 5.79 Å². The first kappa shape index (κ1) is 14.2. The first-order valence-corrected chi connectivity index (χ1v) is 7.07. The van der Waals surface area contributed by atoms with Crippen molar-refractivity contribution in [3.05, 3.63) is 22.5 Å². The third-order valence-corrected chi connectivity index (χ3v) is 4.23. The minimum atomic E-state index is -0.497. The van der Waals surface area contributed by atoms with Gasteiger partial charge in [-0.2, -0.15) is 0 Å². The molecule has 1 aromatic heterocycles. The summed E-state index contributed by atoms with van der Waals surface area (Å²) < 4.78 is 11.4. The predicted octanol–water partition coefficient (Wildman–Crippen LogP) is 1.51. The average Bonchev–Trinajstić information content (AvgIpc) is 2.96. The minimum Gasteiger partial charge on any atom is -0.348 e. The zero-order valence-corrected chi connectivity index (χ0v) is 11.9. The van der Waals surface area contributed by atoms with Gasteiger partial charge in [-0.25, -0.2) is 9.97 Å². The van der Waals surface area contributed by atoms with Crippen LogP contribution in [0.5, 0.6) is 0 Å². The summed E-state index contributed by atoms with van der Waals surface area (Å²) >= 11 is 0. The van der Waals surface area contributed by atoms with E-state index >= 15 is 0 Å². The molecule has 0 bridgehead atoms. The highest BCUT2D eigenvalue weighted by atomic mass is 16.7. The second kappa shape index (κ2) is 5.53. The average molecular weight is 294 g/mol. The molecule has 1 saturated heterocycles. The molecule has 0 radical (unpaired) electrons. The van der Waals surface area contributed by atoms with E-state index in [1.54, 1.807) is 0 Å². The third kappa shape index (κ3) is 2.81. The Kier molecular flexibility index (Phi) is 3.73. The molecule has 0 unspecified atom stereocenters. The highest BCUT2D eigenvalue weighted by Crippen LogP contribution is 2.37. The van der Waals surface area contributed by atoms with Crippen molar-refractivity contribution in [1.29, 1.82) is 0 Å². The van der Waals surface area contributed by atoms with Gasteiger partial charge in [-0.3, -0.25) is 10.1 Å². The van der Waals surface area contributed by atoms with Crippen LogP contribution in [0.3, 0.4) is 0 Å². The van der Waals surface area contributed by atoms with Gasteiger partial charge in [0, 0.05) is 25.9 Å². The molecule has 2 fully saturated rings. The van der Waals surface area contributed by atoms with E-state index in [2.05, 4.69) is 9.97 Å². The van der Waals surface area contributed by atoms with Gasteiger partial charge >= 0.3 is 5.69 Å². The van der Waals surface area contributed by atoms with Gasteiger partial charge in [-0.15, -0.1) is 0 Å². The third-order valence-electron chi connectivity index (χ3n) is 4.23. The molecule has 1 aliphatic heterocycles. The number of nitrogens with zero attached hydrogens (tertiary/aromatic N) is 4. The van der Waals surface area contributed by atoms with Gasteiger partial charge in [0.1, 0.15) is 12.4 Å². The van der Waals surface area contributed by atoms with Crippen LogP contribution in [0.2, 0.25) is 0 Å². The Hall–Kier alpha value is -1.80. The fourth-order valence-corrected chi connectivity index (χ4v) is 2.97. The van der Waals surface area contributed by atoms with Crippen molar-refractivity contribution >= 4 is 11.6 Å². The normalized spacial score (nSPS) is 21.6. The predicted molar refractivity (Wildman–Crippen MR) is 74.0 cm³/mol. The molecule has 8 nitrogen and oxygen atoms in total. The molecule has 1 saturated carbocycles. The van der Waals surface area contributed by atoms with Crippen LogP contribution in [0.25, 0.3) is 0 Å². The lowest BCUT2D eigenvalue weighted by atomic mass is 9.89. The van der Waals surface area contributed by atoms with Crippen molar-refractivity contribution in [3.8, 4) is 0 Å². The van der Waals surface area contributed by atoms with E-state index in [0.717, 1.165) is 25.7 Å². The van der Waals surface area contributed by atoms with Crippen LogP contribution in [0.4, 0.5) is 11.6 Å². The van der Waals surface area contributed by atoms with E-state index in [4.69, 9.17) is 9.47 Å². The number of aromatic nitrogens is 2. The first-order chi connectivity index (χ1) is 10.1. The summed E-state index contributed by atoms with van der Waals surface area (Å²) in [7, 11) is 1.92. The van der Waals surface area contributed by atoms with Gasteiger partial charge in [0.05, 0.1) is 18.1 Å². The Morgan fingerprint density at radius 1 is 1.29 bits per heavy atom. The Labute approximate surface area is 122 Å². The number of anilines is 1. The zero-order chi connectivity index (χ0) is 14.9. The molecule has 3 rings (SSSR count). The van der Waals surface area contributed by atoms with E-state index in [9.17, 15) is 10.1 Å². The van der Waals surface area contributed by atoms with Crippen molar-refractivity contribution in [2.24, 2.45) is 0 Å². The first-order valence-electron chi connectivity index (χ1n) is 7.07. The summed E-state index contributed by atoms with van der Waals surface area (Å²) in [6.07, 6.45) is 6.05. The Morgan fingerprint density at radius 3 is 2.38 bits per heavy atom. The quantitative estimate of drug-likeness (QED) is 0.616. The van der Waals surface area contributed by atoms with Gasteiger partial charge < -0.3 is 14.4 Å². The molecule has 1 aliphatic carbocycles. The van der Waals surface area contributed by atoms with Gasteiger partial charge in [0.2, 0.25) is 5.95 Å². The number of nitro groups is 1. The molecule has 1 spiro atoms. The maximum absolute atomic E-state index is 10.6. The van der Waals surface area contributed by atoms with E-state index in [1.807, 2.05) is 11.9 Å². The second-order valence-electron chi connectivity index (χ2n) is 5.45. The fraction of sp³-hybridized carbons (Fsp3) is 0.692. The van der Waals surface area contributed by atoms with Crippen molar-refractivity contribution < 1.29 is 14.4 Å². The molecule has 0 N–H and O–H groups in total. The van der Waals surface area contributed by atoms with Crippen LogP contribution < -0.4 is 4.90 Å². The molecule has 2 aliphatic rings. The lowest BCUT2D eigenvalue weighted by Crippen LogP contribution is -2.43. The van der Waals surface area contributed by atoms with Gasteiger partial charge in [-0.05, 0) is 12.8 Å². The SMILES string of the molecule is CN(c1ncc([N+](=O)[O-])cn1)C1CCC2(CC1)OCCO2. The van der Waals surface area contributed by atoms with Crippen molar-refractivity contribution in [2.75, 3.05) is 25.2 Å². The second-order valence-corrected chi connectivity index (χ2v) is 5.45. The molecule has 8 heteroatoms. The van der Waals surface area contributed by atoms with E-state index in [-0.39, 0.29) is 11.5 Å². The van der Waals surface area contributed by atoms with Crippen LogP contribution >= 0.6 is 0 Å². The summed E-state index contributed by atoms with van der Waals surface area (Å²) in [6, 6.07) is 0.296. The molecule has 1 aromatic rings. The van der Waals surface area contributed by atoms with Crippen molar-refractivity contribution in [3.63, 3.8) is 0 Å². The Bertz CT molecular complexity index is 505. The van der Waals surface area contributed by atoms with Crippen molar-refractivity contribution in [2.45, 2.75) is 37.5 Å². The van der Waals surface area contributed by atoms with E-state index in [1.165, 1.54) is 12.4 Å². The molecule has 0 aromatic carbocycles.